The molecule has 0 radical (unpaired) electrons. The second kappa shape index (κ2) is 6.69. The summed E-state index contributed by atoms with van der Waals surface area (Å²) in [5, 5.41) is 13.8. The van der Waals surface area contributed by atoms with Crippen molar-refractivity contribution in [3.8, 4) is 0 Å². The Balaban J connectivity index is 1.78. The van der Waals surface area contributed by atoms with Gasteiger partial charge in [0.25, 0.3) is 0 Å². The highest BCUT2D eigenvalue weighted by molar-refractivity contribution is 5.25. The maximum Gasteiger partial charge on any atom is 0.0644 e. The topological polar surface area (TPSA) is 44.5 Å². The maximum atomic E-state index is 9.18. The Bertz CT molecular complexity index is 513. The summed E-state index contributed by atoms with van der Waals surface area (Å²) in [7, 11) is 0. The summed E-state index contributed by atoms with van der Waals surface area (Å²) >= 11 is 0. The number of fused-ring (bicyclic) bond motifs is 2. The van der Waals surface area contributed by atoms with Gasteiger partial charge in [-0.25, -0.2) is 0 Å². The zero-order valence-corrected chi connectivity index (χ0v) is 14.3. The molecule has 3 heterocycles. The first-order valence-electron chi connectivity index (χ1n) is 8.75. The van der Waals surface area contributed by atoms with E-state index in [1.165, 1.54) is 50.2 Å². The quantitative estimate of drug-likeness (QED) is 0.896. The molecular formula is C17H30N4O. The number of aromatic nitrogens is 2. The van der Waals surface area contributed by atoms with Gasteiger partial charge in [0.2, 0.25) is 0 Å². The molecule has 0 amide bonds. The van der Waals surface area contributed by atoms with Crippen molar-refractivity contribution in [2.24, 2.45) is 0 Å². The molecule has 2 unspecified atom stereocenters. The van der Waals surface area contributed by atoms with Crippen molar-refractivity contribution < 1.29 is 5.11 Å². The summed E-state index contributed by atoms with van der Waals surface area (Å²) in [5.41, 5.74) is 3.72. The summed E-state index contributed by atoms with van der Waals surface area (Å²) < 4.78 is 1.96. The molecule has 1 N–H and O–H groups in total. The van der Waals surface area contributed by atoms with E-state index in [9.17, 15) is 5.11 Å². The Labute approximate surface area is 133 Å². The molecule has 22 heavy (non-hydrogen) atoms. The van der Waals surface area contributed by atoms with Gasteiger partial charge in [0.1, 0.15) is 0 Å². The average molecular weight is 306 g/mol. The summed E-state index contributed by atoms with van der Waals surface area (Å²) in [6, 6.07) is 1.44. The molecule has 2 saturated heterocycles. The van der Waals surface area contributed by atoms with Crippen LogP contribution in [0.5, 0.6) is 0 Å². The predicted octanol–water partition coefficient (Wildman–Crippen LogP) is 1.55. The maximum absolute atomic E-state index is 9.18. The molecule has 0 spiro atoms. The van der Waals surface area contributed by atoms with Gasteiger partial charge in [-0.3, -0.25) is 9.58 Å². The van der Waals surface area contributed by atoms with Crippen molar-refractivity contribution in [3.05, 3.63) is 17.0 Å². The summed E-state index contributed by atoms with van der Waals surface area (Å²) in [6.07, 6.45) is 3.99. The fourth-order valence-electron chi connectivity index (χ4n) is 4.25. The number of likely N-dealkylation sites (tertiary alicyclic amines) is 1. The molecule has 2 fully saturated rings. The largest absolute Gasteiger partial charge is 0.394 e. The number of likely N-dealkylation sites (N-methyl/N-ethyl adjacent to an activating group) is 1. The van der Waals surface area contributed by atoms with Crippen LogP contribution in [0.25, 0.3) is 0 Å². The molecule has 2 bridgehead atoms. The average Bonchev–Trinajstić information content (AvgIpc) is 2.91. The van der Waals surface area contributed by atoms with Crippen LogP contribution in [0.4, 0.5) is 0 Å². The van der Waals surface area contributed by atoms with Crippen molar-refractivity contribution >= 4 is 0 Å². The van der Waals surface area contributed by atoms with Crippen LogP contribution in [0.3, 0.4) is 0 Å². The first-order chi connectivity index (χ1) is 10.6. The molecule has 1 aromatic heterocycles. The highest BCUT2D eigenvalue weighted by Crippen LogP contribution is 2.32. The Morgan fingerprint density at radius 1 is 1.18 bits per heavy atom. The monoisotopic (exact) mass is 306 g/mol. The number of aliphatic hydroxyl groups excluding tert-OH is 1. The van der Waals surface area contributed by atoms with E-state index >= 15 is 0 Å². The fraction of sp³-hybridized carbons (Fsp3) is 0.824. The number of aryl methyl sites for hydroxylation is 1. The molecule has 5 nitrogen and oxygen atoms in total. The third kappa shape index (κ3) is 2.94. The molecule has 5 heteroatoms. The first kappa shape index (κ1) is 16.0. The highest BCUT2D eigenvalue weighted by Gasteiger charge is 2.37. The molecule has 2 aliphatic heterocycles. The van der Waals surface area contributed by atoms with Gasteiger partial charge in [-0.2, -0.15) is 5.10 Å². The Morgan fingerprint density at radius 3 is 2.68 bits per heavy atom. The van der Waals surface area contributed by atoms with Crippen LogP contribution in [0.15, 0.2) is 0 Å². The lowest BCUT2D eigenvalue weighted by molar-refractivity contribution is 0.178. The van der Waals surface area contributed by atoms with E-state index in [-0.39, 0.29) is 6.61 Å². The van der Waals surface area contributed by atoms with Crippen molar-refractivity contribution in [3.63, 3.8) is 0 Å². The Kier molecular flexibility index (Phi) is 4.85. The third-order valence-corrected chi connectivity index (χ3v) is 5.65. The summed E-state index contributed by atoms with van der Waals surface area (Å²) in [5.74, 6) is 0. The minimum Gasteiger partial charge on any atom is -0.394 e. The molecule has 124 valence electrons. The summed E-state index contributed by atoms with van der Waals surface area (Å²) in [6.45, 7) is 11.9. The SMILES string of the molecule is CCN1CCC2CCC(C1)N2Cc1c(C)nn(CCO)c1C. The molecular weight excluding hydrogens is 276 g/mol. The van der Waals surface area contributed by atoms with Crippen molar-refractivity contribution in [2.75, 3.05) is 26.2 Å². The van der Waals surface area contributed by atoms with Gasteiger partial charge in [0.05, 0.1) is 18.8 Å². The van der Waals surface area contributed by atoms with E-state index in [1.807, 2.05) is 4.68 Å². The zero-order chi connectivity index (χ0) is 15.7. The van der Waals surface area contributed by atoms with Gasteiger partial charge in [0, 0.05) is 36.4 Å². The number of rotatable bonds is 5. The van der Waals surface area contributed by atoms with E-state index in [0.29, 0.717) is 12.6 Å². The van der Waals surface area contributed by atoms with Crippen LogP contribution in [-0.4, -0.2) is 63.0 Å². The Morgan fingerprint density at radius 2 is 1.95 bits per heavy atom. The molecule has 3 rings (SSSR count). The van der Waals surface area contributed by atoms with Gasteiger partial charge < -0.3 is 10.0 Å². The normalized spacial score (nSPS) is 26.5. The number of hydrogen-bond acceptors (Lipinski definition) is 4. The van der Waals surface area contributed by atoms with Crippen LogP contribution in [-0.2, 0) is 13.1 Å². The molecule has 0 aromatic carbocycles. The standard InChI is InChI=1S/C17H30N4O/c1-4-19-8-7-15-5-6-16(11-19)20(15)12-17-13(2)18-21(9-10-22)14(17)3/h15-16,22H,4-12H2,1-3H3. The first-order valence-corrected chi connectivity index (χ1v) is 8.75. The molecule has 0 saturated carbocycles. The van der Waals surface area contributed by atoms with Crippen LogP contribution in [0, 0.1) is 13.8 Å². The van der Waals surface area contributed by atoms with Gasteiger partial charge in [-0.05, 0) is 46.2 Å². The fourth-order valence-corrected chi connectivity index (χ4v) is 4.25. The zero-order valence-electron chi connectivity index (χ0n) is 14.3. The van der Waals surface area contributed by atoms with Gasteiger partial charge >= 0.3 is 0 Å². The van der Waals surface area contributed by atoms with Gasteiger partial charge in [0.15, 0.2) is 0 Å². The molecule has 0 aliphatic carbocycles. The van der Waals surface area contributed by atoms with Crippen LogP contribution in [0.2, 0.25) is 0 Å². The van der Waals surface area contributed by atoms with E-state index in [4.69, 9.17) is 0 Å². The van der Waals surface area contributed by atoms with Crippen LogP contribution < -0.4 is 0 Å². The lowest BCUT2D eigenvalue weighted by Gasteiger charge is -2.28. The van der Waals surface area contributed by atoms with Crippen molar-refractivity contribution in [2.45, 2.75) is 65.2 Å². The lowest BCUT2D eigenvalue weighted by atomic mass is 10.1. The van der Waals surface area contributed by atoms with Crippen LogP contribution >= 0.6 is 0 Å². The third-order valence-electron chi connectivity index (χ3n) is 5.65. The lowest BCUT2D eigenvalue weighted by Crippen LogP contribution is -2.38. The second-order valence-corrected chi connectivity index (χ2v) is 6.84. The Hall–Kier alpha value is -0.910. The van der Waals surface area contributed by atoms with E-state index in [0.717, 1.165) is 18.3 Å². The highest BCUT2D eigenvalue weighted by atomic mass is 16.3. The summed E-state index contributed by atoms with van der Waals surface area (Å²) in [4.78, 5) is 5.34. The molecule has 2 atom stereocenters. The second-order valence-electron chi connectivity index (χ2n) is 6.84. The van der Waals surface area contributed by atoms with Crippen molar-refractivity contribution in [1.82, 2.24) is 19.6 Å². The molecule has 2 aliphatic rings. The van der Waals surface area contributed by atoms with Gasteiger partial charge in [-0.15, -0.1) is 0 Å². The number of aliphatic hydroxyl groups is 1. The van der Waals surface area contributed by atoms with Gasteiger partial charge in [-0.1, -0.05) is 6.92 Å². The number of hydrogen-bond donors (Lipinski definition) is 1. The predicted molar refractivity (Wildman–Crippen MR) is 87.9 cm³/mol. The van der Waals surface area contributed by atoms with Crippen LogP contribution in [0.1, 0.15) is 43.1 Å². The molecule has 1 aromatic rings. The van der Waals surface area contributed by atoms with E-state index < -0.39 is 0 Å². The number of nitrogens with zero attached hydrogens (tertiary/aromatic N) is 4. The smallest absolute Gasteiger partial charge is 0.0644 e. The van der Waals surface area contributed by atoms with E-state index in [1.54, 1.807) is 0 Å². The minimum absolute atomic E-state index is 0.155. The van der Waals surface area contributed by atoms with Crippen molar-refractivity contribution in [1.29, 1.82) is 0 Å². The minimum atomic E-state index is 0.155. The van der Waals surface area contributed by atoms with E-state index in [2.05, 4.69) is 35.7 Å².